The maximum Gasteiger partial charge on any atom is -0.00462 e. The largest absolute Gasteiger partial charge is 0.320 e. The van der Waals surface area contributed by atoms with Crippen LogP contribution < -0.4 is 5.32 Å². The standard InChI is InChI=1S/C12H19N/c1-10-5-4-6-12(9-10)11(2)7-8-13-3/h4-6,9,11,13H,7-8H2,1-3H3. The molecule has 0 aliphatic rings. The first-order valence-electron chi connectivity index (χ1n) is 4.95. The van der Waals surface area contributed by atoms with E-state index in [2.05, 4.69) is 43.4 Å². The third-order valence-corrected chi connectivity index (χ3v) is 2.44. The summed E-state index contributed by atoms with van der Waals surface area (Å²) in [6.07, 6.45) is 1.21. The highest BCUT2D eigenvalue weighted by Crippen LogP contribution is 2.18. The number of nitrogens with one attached hydrogen (secondary N) is 1. The smallest absolute Gasteiger partial charge is 0.00462 e. The normalized spacial score (nSPS) is 12.8. The topological polar surface area (TPSA) is 12.0 Å². The highest BCUT2D eigenvalue weighted by molar-refractivity contribution is 5.24. The van der Waals surface area contributed by atoms with Gasteiger partial charge in [0, 0.05) is 0 Å². The van der Waals surface area contributed by atoms with E-state index in [-0.39, 0.29) is 0 Å². The Morgan fingerprint density at radius 3 is 2.77 bits per heavy atom. The van der Waals surface area contributed by atoms with Gasteiger partial charge < -0.3 is 5.32 Å². The van der Waals surface area contributed by atoms with Crippen LogP contribution in [0.5, 0.6) is 0 Å². The summed E-state index contributed by atoms with van der Waals surface area (Å²) < 4.78 is 0. The second kappa shape index (κ2) is 5.03. The average molecular weight is 177 g/mol. The van der Waals surface area contributed by atoms with Crippen LogP contribution in [0.15, 0.2) is 24.3 Å². The van der Waals surface area contributed by atoms with Crippen LogP contribution in [0.2, 0.25) is 0 Å². The minimum absolute atomic E-state index is 0.660. The fourth-order valence-electron chi connectivity index (χ4n) is 1.50. The van der Waals surface area contributed by atoms with Gasteiger partial charge in [0.05, 0.1) is 0 Å². The predicted molar refractivity (Wildman–Crippen MR) is 58.1 cm³/mol. The van der Waals surface area contributed by atoms with Crippen molar-refractivity contribution in [2.24, 2.45) is 0 Å². The molecule has 0 spiro atoms. The van der Waals surface area contributed by atoms with Crippen molar-refractivity contribution in [2.45, 2.75) is 26.2 Å². The fourth-order valence-corrected chi connectivity index (χ4v) is 1.50. The molecule has 0 fully saturated rings. The van der Waals surface area contributed by atoms with Gasteiger partial charge in [-0.3, -0.25) is 0 Å². The van der Waals surface area contributed by atoms with Gasteiger partial charge in [0.2, 0.25) is 0 Å². The van der Waals surface area contributed by atoms with E-state index in [0.29, 0.717) is 5.92 Å². The Morgan fingerprint density at radius 2 is 2.15 bits per heavy atom. The van der Waals surface area contributed by atoms with Gasteiger partial charge >= 0.3 is 0 Å². The maximum absolute atomic E-state index is 3.18. The van der Waals surface area contributed by atoms with Crippen molar-refractivity contribution in [3.63, 3.8) is 0 Å². The molecule has 1 rings (SSSR count). The van der Waals surface area contributed by atoms with Crippen molar-refractivity contribution in [3.8, 4) is 0 Å². The number of hydrogen-bond acceptors (Lipinski definition) is 1. The molecule has 0 aliphatic carbocycles. The van der Waals surface area contributed by atoms with Crippen LogP contribution in [0.3, 0.4) is 0 Å². The molecular formula is C12H19N. The van der Waals surface area contributed by atoms with Crippen LogP contribution in [-0.2, 0) is 0 Å². The van der Waals surface area contributed by atoms with Crippen LogP contribution in [-0.4, -0.2) is 13.6 Å². The highest BCUT2D eigenvalue weighted by atomic mass is 14.8. The van der Waals surface area contributed by atoms with Crippen molar-refractivity contribution in [1.29, 1.82) is 0 Å². The third kappa shape index (κ3) is 3.19. The lowest BCUT2D eigenvalue weighted by Gasteiger charge is -2.11. The molecule has 0 saturated heterocycles. The zero-order valence-electron chi connectivity index (χ0n) is 8.80. The van der Waals surface area contributed by atoms with Crippen LogP contribution in [0.4, 0.5) is 0 Å². The summed E-state index contributed by atoms with van der Waals surface area (Å²) in [5.74, 6) is 0.660. The molecule has 1 unspecified atom stereocenters. The summed E-state index contributed by atoms with van der Waals surface area (Å²) in [6, 6.07) is 8.78. The van der Waals surface area contributed by atoms with Crippen LogP contribution in [0.1, 0.15) is 30.4 Å². The van der Waals surface area contributed by atoms with Crippen LogP contribution in [0.25, 0.3) is 0 Å². The van der Waals surface area contributed by atoms with Gasteiger partial charge in [0.25, 0.3) is 0 Å². The molecule has 0 aliphatic heterocycles. The summed E-state index contributed by atoms with van der Waals surface area (Å²) in [6.45, 7) is 5.52. The highest BCUT2D eigenvalue weighted by Gasteiger charge is 2.03. The van der Waals surface area contributed by atoms with Gasteiger partial charge in [-0.05, 0) is 38.4 Å². The molecule has 1 atom stereocenters. The van der Waals surface area contributed by atoms with Crippen molar-refractivity contribution in [1.82, 2.24) is 5.32 Å². The van der Waals surface area contributed by atoms with E-state index in [1.54, 1.807) is 0 Å². The molecule has 72 valence electrons. The Morgan fingerprint density at radius 1 is 1.38 bits per heavy atom. The second-order valence-electron chi connectivity index (χ2n) is 3.71. The monoisotopic (exact) mass is 177 g/mol. The molecular weight excluding hydrogens is 158 g/mol. The Kier molecular flexibility index (Phi) is 3.97. The average Bonchev–Trinajstić information content (AvgIpc) is 2.14. The molecule has 0 amide bonds. The first-order valence-corrected chi connectivity index (χ1v) is 4.95. The Balaban J connectivity index is 2.60. The molecule has 0 bridgehead atoms. The number of hydrogen-bond donors (Lipinski definition) is 1. The number of rotatable bonds is 4. The molecule has 1 N–H and O–H groups in total. The van der Waals surface area contributed by atoms with E-state index in [9.17, 15) is 0 Å². The summed E-state index contributed by atoms with van der Waals surface area (Å²) in [5, 5.41) is 3.18. The lowest BCUT2D eigenvalue weighted by molar-refractivity contribution is 0.636. The maximum atomic E-state index is 3.18. The van der Waals surface area contributed by atoms with Crippen molar-refractivity contribution in [3.05, 3.63) is 35.4 Å². The van der Waals surface area contributed by atoms with Gasteiger partial charge in [0.15, 0.2) is 0 Å². The van der Waals surface area contributed by atoms with E-state index in [1.807, 2.05) is 7.05 Å². The van der Waals surface area contributed by atoms with Gasteiger partial charge in [-0.1, -0.05) is 36.8 Å². The molecule has 1 heteroatoms. The fraction of sp³-hybridized carbons (Fsp3) is 0.500. The zero-order valence-corrected chi connectivity index (χ0v) is 8.80. The number of aryl methyl sites for hydroxylation is 1. The summed E-state index contributed by atoms with van der Waals surface area (Å²) in [5.41, 5.74) is 2.81. The first kappa shape index (κ1) is 10.3. The van der Waals surface area contributed by atoms with Gasteiger partial charge in [-0.2, -0.15) is 0 Å². The predicted octanol–water partition coefficient (Wildman–Crippen LogP) is 2.71. The van der Waals surface area contributed by atoms with Crippen molar-refractivity contribution < 1.29 is 0 Å². The molecule has 0 radical (unpaired) electrons. The Hall–Kier alpha value is -0.820. The number of benzene rings is 1. The molecule has 1 nitrogen and oxygen atoms in total. The Bertz CT molecular complexity index is 255. The zero-order chi connectivity index (χ0) is 9.68. The van der Waals surface area contributed by atoms with E-state index in [4.69, 9.17) is 0 Å². The minimum Gasteiger partial charge on any atom is -0.320 e. The molecule has 1 aromatic carbocycles. The lowest BCUT2D eigenvalue weighted by atomic mass is 9.96. The quantitative estimate of drug-likeness (QED) is 0.745. The SMILES string of the molecule is CNCCC(C)c1cccc(C)c1. The van der Waals surface area contributed by atoms with E-state index in [0.717, 1.165) is 6.54 Å². The summed E-state index contributed by atoms with van der Waals surface area (Å²) in [7, 11) is 2.00. The van der Waals surface area contributed by atoms with Crippen molar-refractivity contribution >= 4 is 0 Å². The molecule has 0 saturated carbocycles. The lowest BCUT2D eigenvalue weighted by Crippen LogP contribution is -2.10. The van der Waals surface area contributed by atoms with E-state index >= 15 is 0 Å². The first-order chi connectivity index (χ1) is 6.24. The minimum atomic E-state index is 0.660. The summed E-state index contributed by atoms with van der Waals surface area (Å²) in [4.78, 5) is 0. The van der Waals surface area contributed by atoms with Crippen LogP contribution >= 0.6 is 0 Å². The molecule has 1 aromatic rings. The molecule has 13 heavy (non-hydrogen) atoms. The molecule has 0 heterocycles. The van der Waals surface area contributed by atoms with Gasteiger partial charge in [-0.25, -0.2) is 0 Å². The third-order valence-electron chi connectivity index (χ3n) is 2.44. The summed E-state index contributed by atoms with van der Waals surface area (Å²) >= 11 is 0. The van der Waals surface area contributed by atoms with E-state index < -0.39 is 0 Å². The Labute approximate surface area is 81.2 Å². The van der Waals surface area contributed by atoms with E-state index in [1.165, 1.54) is 17.5 Å². The second-order valence-corrected chi connectivity index (χ2v) is 3.71. The van der Waals surface area contributed by atoms with Gasteiger partial charge in [0.1, 0.15) is 0 Å². The molecule has 0 aromatic heterocycles. The van der Waals surface area contributed by atoms with Crippen LogP contribution in [0, 0.1) is 6.92 Å². The van der Waals surface area contributed by atoms with Gasteiger partial charge in [-0.15, -0.1) is 0 Å². The van der Waals surface area contributed by atoms with Crippen molar-refractivity contribution in [2.75, 3.05) is 13.6 Å².